The lowest BCUT2D eigenvalue weighted by atomic mass is 10.2. The van der Waals surface area contributed by atoms with Gasteiger partial charge in [-0.05, 0) is 43.5 Å². The summed E-state index contributed by atoms with van der Waals surface area (Å²) in [5.74, 6) is 0.957. The maximum atomic E-state index is 13.1. The Balaban J connectivity index is 1.71. The number of furan rings is 1. The summed E-state index contributed by atoms with van der Waals surface area (Å²) in [6.07, 6.45) is 7.41. The number of nitrogens with zero attached hydrogens (tertiary/aromatic N) is 3. The number of aromatic nitrogens is 1. The molecular formula is C21H29N3O3. The highest BCUT2D eigenvalue weighted by Gasteiger charge is 2.34. The molecule has 146 valence electrons. The van der Waals surface area contributed by atoms with Gasteiger partial charge in [0.05, 0.1) is 25.9 Å². The van der Waals surface area contributed by atoms with Crippen LogP contribution >= 0.6 is 0 Å². The molecule has 6 nitrogen and oxygen atoms in total. The van der Waals surface area contributed by atoms with Crippen LogP contribution in [0.2, 0.25) is 0 Å². The van der Waals surface area contributed by atoms with Crippen molar-refractivity contribution in [2.45, 2.75) is 45.7 Å². The van der Waals surface area contributed by atoms with Gasteiger partial charge in [0, 0.05) is 31.4 Å². The van der Waals surface area contributed by atoms with E-state index >= 15 is 0 Å². The summed E-state index contributed by atoms with van der Waals surface area (Å²) in [6, 6.07) is 7.67. The van der Waals surface area contributed by atoms with Crippen LogP contribution in [-0.2, 0) is 29.7 Å². The molecule has 6 heteroatoms. The lowest BCUT2D eigenvalue weighted by molar-refractivity contribution is -0.142. The SMILES string of the molecule is CCCCN(CC(=O)N(Cc1ccco1)Cc1cccn1C)C(=O)C1CC1. The number of unbranched alkanes of at least 4 members (excludes halogenated alkanes) is 1. The molecule has 0 aliphatic heterocycles. The van der Waals surface area contributed by atoms with Gasteiger partial charge >= 0.3 is 0 Å². The van der Waals surface area contributed by atoms with Gasteiger partial charge in [0.25, 0.3) is 0 Å². The third kappa shape index (κ3) is 5.25. The van der Waals surface area contributed by atoms with Crippen LogP contribution in [0.5, 0.6) is 0 Å². The van der Waals surface area contributed by atoms with E-state index in [0.717, 1.165) is 37.1 Å². The van der Waals surface area contributed by atoms with Gasteiger partial charge in [0.1, 0.15) is 5.76 Å². The number of hydrogen-bond donors (Lipinski definition) is 0. The fraction of sp³-hybridized carbons (Fsp3) is 0.524. The molecule has 2 heterocycles. The largest absolute Gasteiger partial charge is 0.467 e. The molecule has 3 rings (SSSR count). The standard InChI is InChI=1S/C21H29N3O3/c1-3-4-12-23(21(26)17-9-10-17)16-20(25)24(15-19-8-6-13-27-19)14-18-7-5-11-22(18)2/h5-8,11,13,17H,3-4,9-10,12,14-16H2,1-2H3. The van der Waals surface area contributed by atoms with Crippen LogP contribution in [0.1, 0.15) is 44.1 Å². The molecule has 0 atom stereocenters. The van der Waals surface area contributed by atoms with Crippen molar-refractivity contribution in [3.63, 3.8) is 0 Å². The third-order valence-corrected chi connectivity index (χ3v) is 5.03. The van der Waals surface area contributed by atoms with E-state index in [2.05, 4.69) is 6.92 Å². The summed E-state index contributed by atoms with van der Waals surface area (Å²) in [4.78, 5) is 29.2. The van der Waals surface area contributed by atoms with E-state index in [1.807, 2.05) is 42.1 Å². The zero-order chi connectivity index (χ0) is 19.2. The summed E-state index contributed by atoms with van der Waals surface area (Å²) in [7, 11) is 1.97. The first kappa shape index (κ1) is 19.3. The second kappa shape index (κ2) is 8.93. The topological polar surface area (TPSA) is 58.7 Å². The zero-order valence-corrected chi connectivity index (χ0v) is 16.3. The van der Waals surface area contributed by atoms with Gasteiger partial charge in [-0.1, -0.05) is 13.3 Å². The van der Waals surface area contributed by atoms with Crippen LogP contribution in [0.4, 0.5) is 0 Å². The second-order valence-corrected chi connectivity index (χ2v) is 7.33. The number of aryl methyl sites for hydroxylation is 1. The molecule has 2 aromatic heterocycles. The maximum absolute atomic E-state index is 13.1. The number of amides is 2. The molecule has 0 radical (unpaired) electrons. The van der Waals surface area contributed by atoms with Crippen LogP contribution in [0.25, 0.3) is 0 Å². The molecule has 1 fully saturated rings. The van der Waals surface area contributed by atoms with E-state index < -0.39 is 0 Å². The van der Waals surface area contributed by atoms with E-state index in [1.165, 1.54) is 0 Å². The van der Waals surface area contributed by atoms with Crippen LogP contribution < -0.4 is 0 Å². The van der Waals surface area contributed by atoms with E-state index in [9.17, 15) is 9.59 Å². The molecule has 0 N–H and O–H groups in total. The fourth-order valence-corrected chi connectivity index (χ4v) is 3.15. The summed E-state index contributed by atoms with van der Waals surface area (Å²) in [5, 5.41) is 0. The molecule has 27 heavy (non-hydrogen) atoms. The van der Waals surface area contributed by atoms with Crippen molar-refractivity contribution in [1.82, 2.24) is 14.4 Å². The van der Waals surface area contributed by atoms with Crippen LogP contribution in [0.15, 0.2) is 41.1 Å². The Kier molecular flexibility index (Phi) is 6.37. The molecule has 0 aromatic carbocycles. The van der Waals surface area contributed by atoms with Crippen LogP contribution in [-0.4, -0.2) is 39.3 Å². The molecule has 0 unspecified atom stereocenters. The molecule has 1 aliphatic carbocycles. The summed E-state index contributed by atoms with van der Waals surface area (Å²) in [5.41, 5.74) is 1.04. The monoisotopic (exact) mass is 371 g/mol. The van der Waals surface area contributed by atoms with Crippen molar-refractivity contribution in [2.24, 2.45) is 13.0 Å². The lowest BCUT2D eigenvalue weighted by Gasteiger charge is -2.27. The molecule has 0 saturated heterocycles. The summed E-state index contributed by atoms with van der Waals surface area (Å²) >= 11 is 0. The highest BCUT2D eigenvalue weighted by atomic mass is 16.3. The Morgan fingerprint density at radius 3 is 2.59 bits per heavy atom. The van der Waals surface area contributed by atoms with Crippen molar-refractivity contribution in [2.75, 3.05) is 13.1 Å². The zero-order valence-electron chi connectivity index (χ0n) is 16.3. The minimum absolute atomic E-state index is 0.0438. The normalized spacial score (nSPS) is 13.6. The maximum Gasteiger partial charge on any atom is 0.242 e. The van der Waals surface area contributed by atoms with Crippen molar-refractivity contribution in [3.05, 3.63) is 48.2 Å². The van der Waals surface area contributed by atoms with Gasteiger partial charge in [-0.25, -0.2) is 0 Å². The third-order valence-electron chi connectivity index (χ3n) is 5.03. The van der Waals surface area contributed by atoms with E-state index in [-0.39, 0.29) is 24.3 Å². The van der Waals surface area contributed by atoms with E-state index in [0.29, 0.717) is 19.6 Å². The predicted molar refractivity (Wildman–Crippen MR) is 103 cm³/mol. The number of carbonyl (C=O) groups excluding carboxylic acids is 2. The summed E-state index contributed by atoms with van der Waals surface area (Å²) in [6.45, 7) is 3.77. The average molecular weight is 371 g/mol. The Morgan fingerprint density at radius 2 is 2.00 bits per heavy atom. The molecule has 2 aromatic rings. The van der Waals surface area contributed by atoms with Gasteiger partial charge < -0.3 is 18.8 Å². The number of carbonyl (C=O) groups is 2. The quantitative estimate of drug-likeness (QED) is 0.644. The molecule has 0 spiro atoms. The molecular weight excluding hydrogens is 342 g/mol. The minimum Gasteiger partial charge on any atom is -0.467 e. The Labute approximate surface area is 160 Å². The van der Waals surface area contributed by atoms with Crippen molar-refractivity contribution < 1.29 is 14.0 Å². The van der Waals surface area contributed by atoms with Crippen LogP contribution in [0, 0.1) is 5.92 Å². The lowest BCUT2D eigenvalue weighted by Crippen LogP contribution is -2.43. The molecule has 1 saturated carbocycles. The molecule has 1 aliphatic rings. The van der Waals surface area contributed by atoms with Crippen molar-refractivity contribution >= 4 is 11.8 Å². The first-order valence-electron chi connectivity index (χ1n) is 9.77. The Hall–Kier alpha value is -2.50. The summed E-state index contributed by atoms with van der Waals surface area (Å²) < 4.78 is 7.45. The van der Waals surface area contributed by atoms with Gasteiger partial charge in [-0.3, -0.25) is 9.59 Å². The minimum atomic E-state index is -0.0438. The predicted octanol–water partition coefficient (Wildman–Crippen LogP) is 3.19. The van der Waals surface area contributed by atoms with Gasteiger partial charge in [0.2, 0.25) is 11.8 Å². The first-order valence-corrected chi connectivity index (χ1v) is 9.77. The van der Waals surface area contributed by atoms with E-state index in [4.69, 9.17) is 4.42 Å². The van der Waals surface area contributed by atoms with E-state index in [1.54, 1.807) is 16.1 Å². The van der Waals surface area contributed by atoms with Gasteiger partial charge in [-0.15, -0.1) is 0 Å². The fourth-order valence-electron chi connectivity index (χ4n) is 3.15. The first-order chi connectivity index (χ1) is 13.1. The average Bonchev–Trinajstić information content (AvgIpc) is 3.24. The van der Waals surface area contributed by atoms with Gasteiger partial charge in [0.15, 0.2) is 0 Å². The second-order valence-electron chi connectivity index (χ2n) is 7.33. The molecule has 0 bridgehead atoms. The van der Waals surface area contributed by atoms with Crippen LogP contribution in [0.3, 0.4) is 0 Å². The smallest absolute Gasteiger partial charge is 0.242 e. The molecule has 2 amide bonds. The van der Waals surface area contributed by atoms with Gasteiger partial charge in [-0.2, -0.15) is 0 Å². The number of hydrogen-bond acceptors (Lipinski definition) is 3. The highest BCUT2D eigenvalue weighted by Crippen LogP contribution is 2.31. The van der Waals surface area contributed by atoms with Crippen molar-refractivity contribution in [3.8, 4) is 0 Å². The number of rotatable bonds is 10. The highest BCUT2D eigenvalue weighted by molar-refractivity contribution is 5.87. The van der Waals surface area contributed by atoms with Crippen molar-refractivity contribution in [1.29, 1.82) is 0 Å². The Bertz CT molecular complexity index is 747. The Morgan fingerprint density at radius 1 is 1.19 bits per heavy atom.